The SMILES string of the molecule is CCOc1cc([C@@H]2C(C#N)=C(N)OC3=C2C(=O)CCC3)ccc1O. The summed E-state index contributed by atoms with van der Waals surface area (Å²) in [6, 6.07) is 6.87. The van der Waals surface area contributed by atoms with E-state index in [1.807, 2.05) is 6.92 Å². The number of nitrogens with zero attached hydrogens (tertiary/aromatic N) is 1. The molecule has 0 bridgehead atoms. The first-order valence-electron chi connectivity index (χ1n) is 7.86. The topological polar surface area (TPSA) is 106 Å². The number of hydrogen-bond donors (Lipinski definition) is 2. The van der Waals surface area contributed by atoms with Crippen molar-refractivity contribution in [3.05, 3.63) is 46.6 Å². The highest BCUT2D eigenvalue weighted by molar-refractivity contribution is 5.99. The van der Waals surface area contributed by atoms with Gasteiger partial charge in [0.1, 0.15) is 17.4 Å². The van der Waals surface area contributed by atoms with Gasteiger partial charge in [0, 0.05) is 18.4 Å². The van der Waals surface area contributed by atoms with E-state index in [0.29, 0.717) is 48.5 Å². The van der Waals surface area contributed by atoms with Crippen molar-refractivity contribution < 1.29 is 19.4 Å². The van der Waals surface area contributed by atoms with Crippen molar-refractivity contribution in [3.63, 3.8) is 0 Å². The predicted molar refractivity (Wildman–Crippen MR) is 85.8 cm³/mol. The maximum atomic E-state index is 12.5. The molecule has 0 spiro atoms. The fraction of sp³-hybridized carbons (Fsp3) is 0.333. The first kappa shape index (κ1) is 15.9. The highest BCUT2D eigenvalue weighted by Gasteiger charge is 2.38. The number of benzene rings is 1. The number of hydrogen-bond acceptors (Lipinski definition) is 6. The van der Waals surface area contributed by atoms with Crippen LogP contribution < -0.4 is 10.5 Å². The normalized spacial score (nSPS) is 20.3. The minimum atomic E-state index is -0.591. The second kappa shape index (κ2) is 6.28. The molecule has 0 radical (unpaired) electrons. The Hall–Kier alpha value is -2.94. The maximum Gasteiger partial charge on any atom is 0.205 e. The number of carbonyl (C=O) groups is 1. The molecule has 1 aromatic rings. The zero-order chi connectivity index (χ0) is 17.3. The quantitative estimate of drug-likeness (QED) is 0.884. The maximum absolute atomic E-state index is 12.5. The summed E-state index contributed by atoms with van der Waals surface area (Å²) in [4.78, 5) is 12.5. The van der Waals surface area contributed by atoms with Crippen LogP contribution in [0.25, 0.3) is 0 Å². The summed E-state index contributed by atoms with van der Waals surface area (Å²) in [6.45, 7) is 2.20. The van der Waals surface area contributed by atoms with Gasteiger partial charge in [-0.1, -0.05) is 6.07 Å². The van der Waals surface area contributed by atoms with Crippen LogP contribution in [0.3, 0.4) is 0 Å². The number of phenolic OH excluding ortho intramolecular Hbond substituents is 1. The van der Waals surface area contributed by atoms with Crippen LogP contribution in [-0.4, -0.2) is 17.5 Å². The van der Waals surface area contributed by atoms with Gasteiger partial charge in [0.15, 0.2) is 17.3 Å². The Kier molecular flexibility index (Phi) is 4.17. The molecule has 1 aromatic carbocycles. The zero-order valence-electron chi connectivity index (χ0n) is 13.3. The van der Waals surface area contributed by atoms with Crippen LogP contribution in [-0.2, 0) is 9.53 Å². The van der Waals surface area contributed by atoms with E-state index in [1.165, 1.54) is 6.07 Å². The Morgan fingerprint density at radius 3 is 2.96 bits per heavy atom. The van der Waals surface area contributed by atoms with Crippen molar-refractivity contribution in [3.8, 4) is 17.6 Å². The molecule has 24 heavy (non-hydrogen) atoms. The molecule has 0 amide bonds. The van der Waals surface area contributed by atoms with Gasteiger partial charge < -0.3 is 20.3 Å². The van der Waals surface area contributed by atoms with Crippen molar-refractivity contribution >= 4 is 5.78 Å². The van der Waals surface area contributed by atoms with Crippen LogP contribution in [0.1, 0.15) is 37.7 Å². The highest BCUT2D eigenvalue weighted by Crippen LogP contribution is 2.44. The fourth-order valence-electron chi connectivity index (χ4n) is 3.17. The number of rotatable bonds is 3. The van der Waals surface area contributed by atoms with Crippen molar-refractivity contribution in [2.45, 2.75) is 32.1 Å². The second-order valence-corrected chi connectivity index (χ2v) is 5.70. The number of carbonyl (C=O) groups excluding carboxylic acids is 1. The summed E-state index contributed by atoms with van der Waals surface area (Å²) in [7, 11) is 0. The third-order valence-electron chi connectivity index (χ3n) is 4.22. The number of ketones is 1. The molecule has 0 aromatic heterocycles. The molecule has 0 fully saturated rings. The lowest BCUT2D eigenvalue weighted by Crippen LogP contribution is -2.27. The van der Waals surface area contributed by atoms with Gasteiger partial charge in [-0.25, -0.2) is 0 Å². The van der Waals surface area contributed by atoms with Crippen LogP contribution in [0.4, 0.5) is 0 Å². The van der Waals surface area contributed by atoms with Crippen molar-refractivity contribution in [1.82, 2.24) is 0 Å². The lowest BCUT2D eigenvalue weighted by Gasteiger charge is -2.31. The van der Waals surface area contributed by atoms with E-state index in [4.69, 9.17) is 15.2 Å². The Balaban J connectivity index is 2.16. The van der Waals surface area contributed by atoms with E-state index in [1.54, 1.807) is 12.1 Å². The number of aromatic hydroxyl groups is 1. The summed E-state index contributed by atoms with van der Waals surface area (Å²) >= 11 is 0. The molecule has 1 atom stereocenters. The Bertz CT molecular complexity index is 802. The summed E-state index contributed by atoms with van der Waals surface area (Å²) in [5, 5.41) is 19.4. The third kappa shape index (κ3) is 2.58. The van der Waals surface area contributed by atoms with Gasteiger partial charge in [0.05, 0.1) is 12.5 Å². The van der Waals surface area contributed by atoms with E-state index >= 15 is 0 Å². The van der Waals surface area contributed by atoms with E-state index < -0.39 is 5.92 Å². The predicted octanol–water partition coefficient (Wildman–Crippen LogP) is 2.61. The number of allylic oxidation sites excluding steroid dienone is 3. The number of nitrogens with two attached hydrogens (primary N) is 1. The Labute approximate surface area is 139 Å². The van der Waals surface area contributed by atoms with Crippen molar-refractivity contribution in [2.24, 2.45) is 5.73 Å². The minimum absolute atomic E-state index is 0.00675. The van der Waals surface area contributed by atoms with Crippen LogP contribution >= 0.6 is 0 Å². The van der Waals surface area contributed by atoms with E-state index in [2.05, 4.69) is 6.07 Å². The molecule has 1 aliphatic heterocycles. The molecule has 124 valence electrons. The largest absolute Gasteiger partial charge is 0.504 e. The third-order valence-corrected chi connectivity index (χ3v) is 4.22. The van der Waals surface area contributed by atoms with Gasteiger partial charge >= 0.3 is 0 Å². The summed E-state index contributed by atoms with van der Waals surface area (Å²) in [5.74, 6) is 0.259. The Morgan fingerprint density at radius 2 is 2.25 bits per heavy atom. The first-order valence-corrected chi connectivity index (χ1v) is 7.86. The van der Waals surface area contributed by atoms with Crippen molar-refractivity contribution in [1.29, 1.82) is 5.26 Å². The van der Waals surface area contributed by atoms with Gasteiger partial charge in [0.25, 0.3) is 0 Å². The zero-order valence-corrected chi connectivity index (χ0v) is 13.3. The molecule has 1 heterocycles. The second-order valence-electron chi connectivity index (χ2n) is 5.70. The standard InChI is InChI=1S/C18H18N2O4/c1-2-23-15-8-10(6-7-12(15)21)16-11(9-19)18(20)24-14-5-3-4-13(22)17(14)16/h6-8,16,21H,2-5,20H2,1H3/t16-/m1/s1. The molecule has 0 saturated heterocycles. The first-order chi connectivity index (χ1) is 11.6. The number of Topliss-reactive ketones (excluding diaryl/α,β-unsaturated/α-hetero) is 1. The average Bonchev–Trinajstić information content (AvgIpc) is 2.56. The van der Waals surface area contributed by atoms with Crippen LogP contribution in [0.2, 0.25) is 0 Å². The van der Waals surface area contributed by atoms with Crippen molar-refractivity contribution in [2.75, 3.05) is 6.61 Å². The smallest absolute Gasteiger partial charge is 0.205 e. The lowest BCUT2D eigenvalue weighted by atomic mass is 9.77. The van der Waals surface area contributed by atoms with Crippen LogP contribution in [0.5, 0.6) is 11.5 Å². The average molecular weight is 326 g/mol. The van der Waals surface area contributed by atoms with E-state index in [9.17, 15) is 15.2 Å². The van der Waals surface area contributed by atoms with Crippen LogP contribution in [0.15, 0.2) is 41.0 Å². The van der Waals surface area contributed by atoms with E-state index in [0.717, 1.165) is 0 Å². The Morgan fingerprint density at radius 1 is 1.46 bits per heavy atom. The van der Waals surface area contributed by atoms with E-state index in [-0.39, 0.29) is 23.0 Å². The molecule has 2 aliphatic rings. The highest BCUT2D eigenvalue weighted by atomic mass is 16.5. The molecular formula is C18H18N2O4. The monoisotopic (exact) mass is 326 g/mol. The van der Waals surface area contributed by atoms with Gasteiger partial charge in [-0.15, -0.1) is 0 Å². The molecule has 6 heteroatoms. The summed E-state index contributed by atoms with van der Waals surface area (Å²) < 4.78 is 10.9. The van der Waals surface area contributed by atoms with Gasteiger partial charge in [-0.2, -0.15) is 5.26 Å². The molecule has 3 rings (SSSR count). The van der Waals surface area contributed by atoms with Gasteiger partial charge in [-0.3, -0.25) is 4.79 Å². The summed E-state index contributed by atoms with van der Waals surface area (Å²) in [6.07, 6.45) is 1.75. The number of nitriles is 1. The molecule has 0 saturated carbocycles. The number of ether oxygens (including phenoxy) is 2. The van der Waals surface area contributed by atoms with Crippen LogP contribution in [0, 0.1) is 11.3 Å². The summed E-state index contributed by atoms with van der Waals surface area (Å²) in [5.41, 5.74) is 7.27. The molecule has 0 unspecified atom stereocenters. The fourth-order valence-corrected chi connectivity index (χ4v) is 3.17. The lowest BCUT2D eigenvalue weighted by molar-refractivity contribution is -0.116. The van der Waals surface area contributed by atoms with Gasteiger partial charge in [0.2, 0.25) is 5.88 Å². The molecule has 1 aliphatic carbocycles. The van der Waals surface area contributed by atoms with Gasteiger partial charge in [-0.05, 0) is 31.0 Å². The minimum Gasteiger partial charge on any atom is -0.504 e. The molecular weight excluding hydrogens is 308 g/mol. The number of phenols is 1. The molecule has 6 nitrogen and oxygen atoms in total. The molecule has 3 N–H and O–H groups in total.